The lowest BCUT2D eigenvalue weighted by Gasteiger charge is -2.13. The van der Waals surface area contributed by atoms with E-state index in [4.69, 9.17) is 5.73 Å². The summed E-state index contributed by atoms with van der Waals surface area (Å²) in [6, 6.07) is 5.61. The highest BCUT2D eigenvalue weighted by Crippen LogP contribution is 2.48. The number of nitrogens with two attached hydrogens (primary N) is 1. The molecule has 2 N–H and O–H groups in total. The van der Waals surface area contributed by atoms with Gasteiger partial charge in [0.25, 0.3) is 0 Å². The lowest BCUT2D eigenvalue weighted by atomic mass is 10.3. The number of hydrogen-bond donors (Lipinski definition) is 1. The predicted octanol–water partition coefficient (Wildman–Crippen LogP) is 1.49. The summed E-state index contributed by atoms with van der Waals surface area (Å²) < 4.78 is 44.8. The predicted molar refractivity (Wildman–Crippen MR) is 64.5 cm³/mol. The molecule has 0 fully saturated rings. The van der Waals surface area contributed by atoms with Crippen LogP contribution in [-0.2, 0) is 23.4 Å². The van der Waals surface area contributed by atoms with Crippen molar-refractivity contribution in [3.63, 3.8) is 0 Å². The van der Waals surface area contributed by atoms with Gasteiger partial charge in [0.2, 0.25) is 0 Å². The first kappa shape index (κ1) is 14.2. The van der Waals surface area contributed by atoms with Crippen LogP contribution in [0, 0.1) is 0 Å². The second-order valence-electron chi connectivity index (χ2n) is 3.29. The van der Waals surface area contributed by atoms with Crippen LogP contribution >= 0.6 is 7.60 Å². The number of hydrogen-bond acceptors (Lipinski definition) is 6. The van der Waals surface area contributed by atoms with Crippen molar-refractivity contribution >= 4 is 23.1 Å². The van der Waals surface area contributed by atoms with Crippen LogP contribution in [0.3, 0.4) is 0 Å². The van der Waals surface area contributed by atoms with E-state index in [0.717, 1.165) is 14.2 Å². The van der Waals surface area contributed by atoms with Gasteiger partial charge >= 0.3 is 7.60 Å². The van der Waals surface area contributed by atoms with Crippen LogP contribution in [0.25, 0.3) is 0 Å². The topological polar surface area (TPSA) is 95.7 Å². The van der Waals surface area contributed by atoms with Gasteiger partial charge in [-0.1, -0.05) is 0 Å². The molecule has 0 heterocycles. The minimum atomic E-state index is -3.73. The lowest BCUT2D eigenvalue weighted by molar-refractivity contribution is 0.280. The van der Waals surface area contributed by atoms with Gasteiger partial charge < -0.3 is 14.8 Å². The number of anilines is 1. The summed E-state index contributed by atoms with van der Waals surface area (Å²) in [4.78, 5) is 0.0287. The molecule has 1 aromatic rings. The Morgan fingerprint density at radius 1 is 1.18 bits per heavy atom. The van der Waals surface area contributed by atoms with Crippen LogP contribution < -0.4 is 5.73 Å². The monoisotopic (exact) mass is 279 g/mol. The van der Waals surface area contributed by atoms with Crippen molar-refractivity contribution in [2.75, 3.05) is 25.4 Å². The Hall–Kier alpha value is -0.880. The molecule has 0 spiro atoms. The Morgan fingerprint density at radius 2 is 1.65 bits per heavy atom. The van der Waals surface area contributed by atoms with Gasteiger partial charge in [-0.05, 0) is 24.3 Å². The van der Waals surface area contributed by atoms with E-state index in [1.54, 1.807) is 0 Å². The molecule has 0 amide bonds. The van der Waals surface area contributed by atoms with Crippen LogP contribution in [0.2, 0.25) is 0 Å². The van der Waals surface area contributed by atoms with Crippen LogP contribution in [0.4, 0.5) is 5.69 Å². The SMILES string of the molecule is COP(=O)(CS(=O)(=O)c1ccc(N)cc1)OC. The third-order valence-corrected chi connectivity index (χ3v) is 6.85. The van der Waals surface area contributed by atoms with Crippen LogP contribution in [0.1, 0.15) is 0 Å². The molecule has 0 atom stereocenters. The molecule has 1 rings (SSSR count). The largest absolute Gasteiger partial charge is 0.399 e. The van der Waals surface area contributed by atoms with Gasteiger partial charge in [0.05, 0.1) is 4.90 Å². The summed E-state index contributed by atoms with van der Waals surface area (Å²) >= 11 is 0. The van der Waals surface area contributed by atoms with Crippen molar-refractivity contribution in [1.29, 1.82) is 0 Å². The highest BCUT2D eigenvalue weighted by molar-refractivity contribution is 7.97. The molecule has 0 unspecified atom stereocenters. The number of nitrogen functional groups attached to an aromatic ring is 1. The highest BCUT2D eigenvalue weighted by atomic mass is 32.2. The Morgan fingerprint density at radius 3 is 2.06 bits per heavy atom. The van der Waals surface area contributed by atoms with E-state index in [0.29, 0.717) is 5.69 Å². The summed E-state index contributed by atoms with van der Waals surface area (Å²) in [7, 11) is -5.04. The fraction of sp³-hybridized carbons (Fsp3) is 0.333. The van der Waals surface area contributed by atoms with Crippen molar-refractivity contribution in [2.45, 2.75) is 4.90 Å². The molecule has 0 saturated carbocycles. The lowest BCUT2D eigenvalue weighted by Crippen LogP contribution is -2.09. The minimum absolute atomic E-state index is 0.0287. The molecule has 0 aliphatic carbocycles. The Bertz CT molecular complexity index is 517. The van der Waals surface area contributed by atoms with Crippen molar-refractivity contribution in [2.24, 2.45) is 0 Å². The minimum Gasteiger partial charge on any atom is -0.399 e. The molecule has 0 radical (unpaired) electrons. The maximum Gasteiger partial charge on any atom is 0.345 e. The fourth-order valence-electron chi connectivity index (χ4n) is 1.14. The molecule has 6 nitrogen and oxygen atoms in total. The van der Waals surface area contributed by atoms with Crippen molar-refractivity contribution < 1.29 is 22.0 Å². The van der Waals surface area contributed by atoms with E-state index < -0.39 is 22.9 Å². The second-order valence-corrected chi connectivity index (χ2v) is 7.97. The van der Waals surface area contributed by atoms with E-state index in [-0.39, 0.29) is 4.90 Å². The Labute approximate surface area is 100 Å². The molecular weight excluding hydrogens is 265 g/mol. The van der Waals surface area contributed by atoms with Gasteiger partial charge in [0.1, 0.15) is 0 Å². The maximum atomic E-state index is 11.9. The average molecular weight is 279 g/mol. The smallest absolute Gasteiger partial charge is 0.345 e. The Balaban J connectivity index is 3.05. The van der Waals surface area contributed by atoms with E-state index in [1.165, 1.54) is 24.3 Å². The fourth-order valence-corrected chi connectivity index (χ4v) is 4.94. The van der Waals surface area contributed by atoms with E-state index in [1.807, 2.05) is 0 Å². The zero-order chi connectivity index (χ0) is 13.1. The third kappa shape index (κ3) is 3.54. The number of rotatable bonds is 5. The third-order valence-electron chi connectivity index (χ3n) is 2.12. The molecule has 0 saturated heterocycles. The molecule has 0 aromatic heterocycles. The molecular formula is C9H14NO5PS. The van der Waals surface area contributed by atoms with E-state index >= 15 is 0 Å². The molecule has 0 aliphatic heterocycles. The summed E-state index contributed by atoms with van der Waals surface area (Å²) in [5.74, 6) is 0. The molecule has 17 heavy (non-hydrogen) atoms. The van der Waals surface area contributed by atoms with Gasteiger partial charge in [-0.15, -0.1) is 0 Å². The van der Waals surface area contributed by atoms with Gasteiger partial charge in [0.15, 0.2) is 15.3 Å². The van der Waals surface area contributed by atoms with Crippen LogP contribution in [0.15, 0.2) is 29.2 Å². The zero-order valence-corrected chi connectivity index (χ0v) is 11.2. The quantitative estimate of drug-likeness (QED) is 0.648. The average Bonchev–Trinajstić information content (AvgIpc) is 2.29. The first-order valence-electron chi connectivity index (χ1n) is 4.62. The second kappa shape index (κ2) is 5.18. The first-order valence-corrected chi connectivity index (χ1v) is 8.00. The first-order chi connectivity index (χ1) is 7.83. The maximum absolute atomic E-state index is 11.9. The Kier molecular flexibility index (Phi) is 4.32. The number of benzene rings is 1. The van der Waals surface area contributed by atoms with E-state index in [9.17, 15) is 13.0 Å². The van der Waals surface area contributed by atoms with Gasteiger partial charge in [-0.3, -0.25) is 4.57 Å². The normalized spacial score (nSPS) is 12.6. The zero-order valence-electron chi connectivity index (χ0n) is 9.49. The molecule has 0 bridgehead atoms. The summed E-state index contributed by atoms with van der Waals surface area (Å²) in [6.45, 7) is 0. The summed E-state index contributed by atoms with van der Waals surface area (Å²) in [6.07, 6.45) is 0. The van der Waals surface area contributed by atoms with Crippen LogP contribution in [0.5, 0.6) is 0 Å². The standard InChI is InChI=1S/C9H14NO5PS/c1-14-16(11,15-2)7-17(12,13)9-5-3-8(10)4-6-9/h3-6H,7,10H2,1-2H3. The molecule has 1 aromatic carbocycles. The van der Waals surface area contributed by atoms with Crippen LogP contribution in [-0.4, -0.2) is 28.1 Å². The molecule has 8 heteroatoms. The molecule has 0 aliphatic rings. The van der Waals surface area contributed by atoms with Crippen molar-refractivity contribution in [3.05, 3.63) is 24.3 Å². The van der Waals surface area contributed by atoms with Gasteiger partial charge in [-0.25, -0.2) is 8.42 Å². The summed E-state index contributed by atoms with van der Waals surface area (Å²) in [5.41, 5.74) is 5.20. The number of sulfone groups is 1. The molecule has 96 valence electrons. The highest BCUT2D eigenvalue weighted by Gasteiger charge is 2.31. The van der Waals surface area contributed by atoms with E-state index in [2.05, 4.69) is 9.05 Å². The summed E-state index contributed by atoms with van der Waals surface area (Å²) in [5, 5.41) is 0. The van der Waals surface area contributed by atoms with Gasteiger partial charge in [0, 0.05) is 19.9 Å². The van der Waals surface area contributed by atoms with Crippen molar-refractivity contribution in [1.82, 2.24) is 0 Å². The van der Waals surface area contributed by atoms with Gasteiger partial charge in [-0.2, -0.15) is 0 Å². The van der Waals surface area contributed by atoms with Crippen molar-refractivity contribution in [3.8, 4) is 0 Å².